The van der Waals surface area contributed by atoms with Gasteiger partial charge in [0.1, 0.15) is 5.41 Å². The minimum atomic E-state index is -1.14. The van der Waals surface area contributed by atoms with Gasteiger partial charge < -0.3 is 0 Å². The maximum absolute atomic E-state index is 12.6. The highest BCUT2D eigenvalue weighted by Crippen LogP contribution is 2.27. The van der Waals surface area contributed by atoms with Crippen molar-refractivity contribution in [3.63, 3.8) is 0 Å². The summed E-state index contributed by atoms with van der Waals surface area (Å²) < 4.78 is 0. The van der Waals surface area contributed by atoms with Gasteiger partial charge in [0.05, 0.1) is 6.07 Å². The number of nitrogens with zero attached hydrogens (tertiary/aromatic N) is 1. The Labute approximate surface area is 113 Å². The molecule has 0 fully saturated rings. The molecule has 2 aromatic rings. The molecule has 0 amide bonds. The first-order chi connectivity index (χ1) is 9.08. The molecule has 0 saturated heterocycles. The van der Waals surface area contributed by atoms with Gasteiger partial charge in [0.25, 0.3) is 0 Å². The van der Waals surface area contributed by atoms with Crippen molar-refractivity contribution in [2.45, 2.75) is 19.3 Å². The number of Topliss-reactive ketones (excluding diaryl/α,β-unsaturated/α-hetero) is 1. The Morgan fingerprint density at radius 3 is 2.16 bits per heavy atom. The van der Waals surface area contributed by atoms with E-state index in [1.807, 2.05) is 49.4 Å². The summed E-state index contributed by atoms with van der Waals surface area (Å²) in [6.07, 6.45) is 0. The van der Waals surface area contributed by atoms with Crippen molar-refractivity contribution in [2.24, 2.45) is 0 Å². The summed E-state index contributed by atoms with van der Waals surface area (Å²) in [5, 5.41) is 9.45. The molecule has 94 valence electrons. The molecule has 1 atom stereocenters. The normalized spacial score (nSPS) is 13.3. The van der Waals surface area contributed by atoms with Crippen molar-refractivity contribution >= 4 is 5.78 Å². The van der Waals surface area contributed by atoms with Crippen molar-refractivity contribution in [2.75, 3.05) is 0 Å². The van der Waals surface area contributed by atoms with E-state index in [9.17, 15) is 10.1 Å². The molecular formula is C17H15NO. The first-order valence-electron chi connectivity index (χ1n) is 6.16. The molecule has 0 spiro atoms. The van der Waals surface area contributed by atoms with E-state index in [0.29, 0.717) is 5.56 Å². The largest absolute Gasteiger partial charge is 0.292 e. The van der Waals surface area contributed by atoms with Crippen LogP contribution in [-0.4, -0.2) is 5.78 Å². The van der Waals surface area contributed by atoms with Gasteiger partial charge in [0.2, 0.25) is 0 Å². The van der Waals surface area contributed by atoms with E-state index >= 15 is 0 Å². The van der Waals surface area contributed by atoms with Gasteiger partial charge in [0, 0.05) is 5.56 Å². The van der Waals surface area contributed by atoms with Crippen LogP contribution in [0.25, 0.3) is 0 Å². The lowest BCUT2D eigenvalue weighted by Crippen LogP contribution is -2.31. The minimum Gasteiger partial charge on any atom is -0.292 e. The summed E-state index contributed by atoms with van der Waals surface area (Å²) >= 11 is 0. The monoisotopic (exact) mass is 249 g/mol. The molecule has 0 N–H and O–H groups in total. The molecule has 0 saturated carbocycles. The van der Waals surface area contributed by atoms with Crippen LogP contribution in [0.15, 0.2) is 54.6 Å². The molecule has 0 aliphatic rings. The van der Waals surface area contributed by atoms with Crippen LogP contribution in [0.1, 0.15) is 28.4 Å². The van der Waals surface area contributed by atoms with Crippen molar-refractivity contribution in [3.8, 4) is 6.07 Å². The summed E-state index contributed by atoms with van der Waals surface area (Å²) in [6.45, 7) is 3.64. The van der Waals surface area contributed by atoms with E-state index in [-0.39, 0.29) is 5.78 Å². The van der Waals surface area contributed by atoms with Crippen molar-refractivity contribution in [1.82, 2.24) is 0 Å². The number of rotatable bonds is 3. The summed E-state index contributed by atoms with van der Waals surface area (Å²) in [7, 11) is 0. The van der Waals surface area contributed by atoms with Crippen LogP contribution in [-0.2, 0) is 5.41 Å². The fourth-order valence-corrected chi connectivity index (χ4v) is 2.01. The van der Waals surface area contributed by atoms with Gasteiger partial charge in [-0.25, -0.2) is 0 Å². The lowest BCUT2D eigenvalue weighted by atomic mass is 9.77. The third kappa shape index (κ3) is 2.41. The van der Waals surface area contributed by atoms with Gasteiger partial charge in [-0.15, -0.1) is 0 Å². The van der Waals surface area contributed by atoms with E-state index in [1.54, 1.807) is 19.1 Å². The second kappa shape index (κ2) is 5.07. The van der Waals surface area contributed by atoms with Crippen LogP contribution in [0, 0.1) is 18.3 Å². The lowest BCUT2D eigenvalue weighted by Gasteiger charge is -2.20. The Bertz CT molecular complexity index is 623. The maximum Gasteiger partial charge on any atom is 0.187 e. The highest BCUT2D eigenvalue weighted by molar-refractivity contribution is 6.05. The van der Waals surface area contributed by atoms with Crippen LogP contribution in [0.2, 0.25) is 0 Å². The summed E-state index contributed by atoms with van der Waals surface area (Å²) in [5.74, 6) is -0.166. The Morgan fingerprint density at radius 2 is 1.63 bits per heavy atom. The third-order valence-electron chi connectivity index (χ3n) is 3.34. The second-order valence-electron chi connectivity index (χ2n) is 4.80. The molecule has 0 heterocycles. The topological polar surface area (TPSA) is 40.9 Å². The van der Waals surface area contributed by atoms with Crippen LogP contribution in [0.3, 0.4) is 0 Å². The number of hydrogen-bond acceptors (Lipinski definition) is 2. The smallest absolute Gasteiger partial charge is 0.187 e. The zero-order chi connectivity index (χ0) is 13.9. The zero-order valence-electron chi connectivity index (χ0n) is 11.1. The Balaban J connectivity index is 2.45. The minimum absolute atomic E-state index is 0.166. The zero-order valence-corrected chi connectivity index (χ0v) is 11.1. The summed E-state index contributed by atoms with van der Waals surface area (Å²) in [5.41, 5.74) is 1.24. The number of ketones is 1. The molecule has 0 aliphatic heterocycles. The van der Waals surface area contributed by atoms with Gasteiger partial charge in [0.15, 0.2) is 5.78 Å². The van der Waals surface area contributed by atoms with Gasteiger partial charge in [-0.1, -0.05) is 60.2 Å². The SMILES string of the molecule is Cc1ccc(C(=O)C(C)(C#N)c2ccccc2)cc1. The average molecular weight is 249 g/mol. The maximum atomic E-state index is 12.6. The van der Waals surface area contributed by atoms with E-state index in [2.05, 4.69) is 6.07 Å². The van der Waals surface area contributed by atoms with Gasteiger partial charge in [-0.2, -0.15) is 5.26 Å². The molecule has 2 aromatic carbocycles. The van der Waals surface area contributed by atoms with Gasteiger partial charge in [-0.3, -0.25) is 4.79 Å². The highest BCUT2D eigenvalue weighted by atomic mass is 16.1. The molecule has 0 radical (unpaired) electrons. The fourth-order valence-electron chi connectivity index (χ4n) is 2.01. The standard InChI is InChI=1S/C17H15NO/c1-13-8-10-14(11-9-13)16(19)17(2,12-18)15-6-4-3-5-7-15/h3-11H,1-2H3. The average Bonchev–Trinajstić information content (AvgIpc) is 2.47. The van der Waals surface area contributed by atoms with Crippen LogP contribution in [0.4, 0.5) is 0 Å². The molecule has 0 aliphatic carbocycles. The van der Waals surface area contributed by atoms with E-state index in [4.69, 9.17) is 0 Å². The van der Waals surface area contributed by atoms with Crippen molar-refractivity contribution in [1.29, 1.82) is 5.26 Å². The number of hydrogen-bond donors (Lipinski definition) is 0. The first kappa shape index (κ1) is 13.0. The van der Waals surface area contributed by atoms with Crippen LogP contribution >= 0.6 is 0 Å². The van der Waals surface area contributed by atoms with Crippen LogP contribution < -0.4 is 0 Å². The Morgan fingerprint density at radius 1 is 1.05 bits per heavy atom. The van der Waals surface area contributed by atoms with Crippen LogP contribution in [0.5, 0.6) is 0 Å². The van der Waals surface area contributed by atoms with Gasteiger partial charge >= 0.3 is 0 Å². The number of benzene rings is 2. The number of carbonyl (C=O) groups excluding carboxylic acids is 1. The van der Waals surface area contributed by atoms with E-state index in [0.717, 1.165) is 11.1 Å². The fraction of sp³-hybridized carbons (Fsp3) is 0.176. The summed E-state index contributed by atoms with van der Waals surface area (Å²) in [4.78, 5) is 12.6. The molecule has 0 aromatic heterocycles. The molecule has 1 unspecified atom stereocenters. The number of aryl methyl sites for hydroxylation is 1. The third-order valence-corrected chi connectivity index (χ3v) is 3.34. The Kier molecular flexibility index (Phi) is 3.48. The summed E-state index contributed by atoms with van der Waals surface area (Å²) in [6, 6.07) is 18.7. The number of nitriles is 1. The second-order valence-corrected chi connectivity index (χ2v) is 4.80. The number of carbonyl (C=O) groups is 1. The molecule has 2 rings (SSSR count). The first-order valence-corrected chi connectivity index (χ1v) is 6.16. The predicted octanol–water partition coefficient (Wildman–Crippen LogP) is 3.66. The molecule has 2 heteroatoms. The van der Waals surface area contributed by atoms with Crippen molar-refractivity contribution in [3.05, 3.63) is 71.3 Å². The molecular weight excluding hydrogens is 234 g/mol. The van der Waals surface area contributed by atoms with Gasteiger partial charge in [-0.05, 0) is 19.4 Å². The lowest BCUT2D eigenvalue weighted by molar-refractivity contribution is 0.0931. The van der Waals surface area contributed by atoms with E-state index < -0.39 is 5.41 Å². The highest BCUT2D eigenvalue weighted by Gasteiger charge is 2.35. The quantitative estimate of drug-likeness (QED) is 0.779. The van der Waals surface area contributed by atoms with E-state index in [1.165, 1.54) is 0 Å². The Hall–Kier alpha value is -2.40. The molecule has 0 bridgehead atoms. The predicted molar refractivity (Wildman–Crippen MR) is 74.9 cm³/mol. The molecule has 2 nitrogen and oxygen atoms in total. The van der Waals surface area contributed by atoms with Crippen molar-refractivity contribution < 1.29 is 4.79 Å². The molecule has 19 heavy (non-hydrogen) atoms.